The van der Waals surface area contributed by atoms with Crippen LogP contribution in [0.5, 0.6) is 0 Å². The monoisotopic (exact) mass is 538 g/mol. The number of fused-ring (bicyclic) bond motifs is 7. The molecule has 3 nitrogen and oxygen atoms in total. The SMILES string of the molecule is CC12CC[C@](C)(C(=O)O)CC1C1=CCC3C4(C)CCC(OC5CCCCC5)C(C)(C)C4CCC3(C)[C@]1(C)CC2. The Hall–Kier alpha value is -0.830. The zero-order valence-corrected chi connectivity index (χ0v) is 26.3. The van der Waals surface area contributed by atoms with Gasteiger partial charge in [-0.05, 0) is 129 Å². The lowest BCUT2D eigenvalue weighted by Gasteiger charge is -2.71. The van der Waals surface area contributed by atoms with Crippen molar-refractivity contribution in [2.24, 2.45) is 50.2 Å². The van der Waals surface area contributed by atoms with Gasteiger partial charge < -0.3 is 9.84 Å². The molecule has 39 heavy (non-hydrogen) atoms. The number of hydrogen-bond acceptors (Lipinski definition) is 2. The Bertz CT molecular complexity index is 1020. The zero-order chi connectivity index (χ0) is 28.1. The first-order chi connectivity index (χ1) is 18.2. The second kappa shape index (κ2) is 9.08. The summed E-state index contributed by atoms with van der Waals surface area (Å²) in [5, 5.41) is 10.2. The molecule has 220 valence electrons. The van der Waals surface area contributed by atoms with E-state index in [0.29, 0.717) is 35.4 Å². The second-order valence-electron chi connectivity index (χ2n) is 17.3. The van der Waals surface area contributed by atoms with E-state index in [2.05, 4.69) is 47.6 Å². The molecule has 0 aliphatic heterocycles. The lowest BCUT2D eigenvalue weighted by molar-refractivity contribution is -0.220. The van der Waals surface area contributed by atoms with Crippen molar-refractivity contribution >= 4 is 5.97 Å². The van der Waals surface area contributed by atoms with E-state index < -0.39 is 11.4 Å². The average molecular weight is 539 g/mol. The molecule has 0 amide bonds. The molecule has 0 heterocycles. The quantitative estimate of drug-likeness (QED) is 0.364. The summed E-state index contributed by atoms with van der Waals surface area (Å²) in [5.74, 6) is 1.25. The van der Waals surface area contributed by atoms with Gasteiger partial charge in [0.2, 0.25) is 0 Å². The second-order valence-corrected chi connectivity index (χ2v) is 17.3. The molecule has 0 aromatic heterocycles. The summed E-state index contributed by atoms with van der Waals surface area (Å²) in [6.45, 7) is 17.6. The molecule has 0 aromatic carbocycles. The molecule has 0 spiro atoms. The summed E-state index contributed by atoms with van der Waals surface area (Å²) in [5.41, 5.74) is 2.38. The van der Waals surface area contributed by atoms with E-state index in [4.69, 9.17) is 4.74 Å². The van der Waals surface area contributed by atoms with Crippen LogP contribution in [0.1, 0.15) is 145 Å². The van der Waals surface area contributed by atoms with Crippen molar-refractivity contribution in [2.75, 3.05) is 0 Å². The van der Waals surface area contributed by atoms with Gasteiger partial charge in [-0.2, -0.15) is 0 Å². The van der Waals surface area contributed by atoms with Crippen LogP contribution in [0.3, 0.4) is 0 Å². The molecule has 5 saturated carbocycles. The van der Waals surface area contributed by atoms with Crippen LogP contribution < -0.4 is 0 Å². The van der Waals surface area contributed by atoms with Gasteiger partial charge in [-0.15, -0.1) is 0 Å². The highest BCUT2D eigenvalue weighted by Gasteiger charge is 2.68. The molecule has 6 rings (SSSR count). The zero-order valence-electron chi connectivity index (χ0n) is 26.3. The van der Waals surface area contributed by atoms with Crippen LogP contribution in [-0.4, -0.2) is 23.3 Å². The average Bonchev–Trinajstić information content (AvgIpc) is 2.88. The summed E-state index contributed by atoms with van der Waals surface area (Å²) in [7, 11) is 0. The molecular weight excluding hydrogens is 480 g/mol. The number of hydrogen-bond donors (Lipinski definition) is 1. The van der Waals surface area contributed by atoms with E-state index in [1.54, 1.807) is 5.57 Å². The fourth-order valence-electron chi connectivity index (χ4n) is 12.2. The molecule has 3 heteroatoms. The summed E-state index contributed by atoms with van der Waals surface area (Å²) < 4.78 is 6.96. The lowest BCUT2D eigenvalue weighted by atomic mass is 9.33. The van der Waals surface area contributed by atoms with Gasteiger partial charge in [0.15, 0.2) is 0 Å². The van der Waals surface area contributed by atoms with Gasteiger partial charge in [-0.1, -0.05) is 72.5 Å². The highest BCUT2D eigenvalue weighted by Crippen LogP contribution is 2.75. The fourth-order valence-corrected chi connectivity index (χ4v) is 12.2. The summed E-state index contributed by atoms with van der Waals surface area (Å²) in [4.78, 5) is 12.4. The first-order valence-corrected chi connectivity index (χ1v) is 16.8. The number of carbonyl (C=O) groups is 1. The topological polar surface area (TPSA) is 46.5 Å². The Kier molecular flexibility index (Phi) is 6.59. The standard InChI is InChI=1S/C36H58O3/c1-31(2)27-15-18-36(7)28(34(27,5)17-16-29(31)39-24-11-9-8-10-12-24)14-13-25-26-23-33(4,30(37)38)20-19-32(26,3)21-22-35(25,36)6/h13,24,26-29H,8-12,14-23H2,1-7H3,(H,37,38)/t26?,27?,28?,29?,32?,33-,34?,35+,36?/m0/s1. The molecule has 0 aromatic rings. The predicted octanol–water partition coefficient (Wildman–Crippen LogP) is 9.59. The van der Waals surface area contributed by atoms with Crippen molar-refractivity contribution in [1.29, 1.82) is 0 Å². The maximum atomic E-state index is 12.4. The molecule has 0 radical (unpaired) electrons. The van der Waals surface area contributed by atoms with Gasteiger partial charge in [0.05, 0.1) is 17.6 Å². The molecule has 0 bridgehead atoms. The molecular formula is C36H58O3. The summed E-state index contributed by atoms with van der Waals surface area (Å²) in [6, 6.07) is 0. The van der Waals surface area contributed by atoms with Crippen molar-refractivity contribution in [3.63, 3.8) is 0 Å². The van der Waals surface area contributed by atoms with Gasteiger partial charge in [-0.3, -0.25) is 4.79 Å². The maximum absolute atomic E-state index is 12.4. The molecule has 5 fully saturated rings. The van der Waals surface area contributed by atoms with Crippen LogP contribution in [-0.2, 0) is 9.53 Å². The number of carboxylic acids is 1. The Morgan fingerprint density at radius 1 is 0.821 bits per heavy atom. The summed E-state index contributed by atoms with van der Waals surface area (Å²) >= 11 is 0. The van der Waals surface area contributed by atoms with Gasteiger partial charge >= 0.3 is 5.97 Å². The van der Waals surface area contributed by atoms with E-state index >= 15 is 0 Å². The number of carboxylic acid groups (broad SMARTS) is 1. The van der Waals surface area contributed by atoms with E-state index in [1.165, 1.54) is 77.0 Å². The third-order valence-corrected chi connectivity index (χ3v) is 15.2. The van der Waals surface area contributed by atoms with Crippen LogP contribution in [0, 0.1) is 50.2 Å². The lowest BCUT2D eigenvalue weighted by Crippen LogP contribution is -2.64. The minimum absolute atomic E-state index is 0.185. The van der Waals surface area contributed by atoms with Crippen LogP contribution in [0.25, 0.3) is 0 Å². The van der Waals surface area contributed by atoms with Crippen LogP contribution in [0.4, 0.5) is 0 Å². The normalized spacial score (nSPS) is 51.5. The van der Waals surface area contributed by atoms with Gasteiger partial charge in [0, 0.05) is 0 Å². The minimum Gasteiger partial charge on any atom is -0.481 e. The predicted molar refractivity (Wildman–Crippen MR) is 158 cm³/mol. The number of ether oxygens (including phenoxy) is 1. The fraction of sp³-hybridized carbons (Fsp3) is 0.917. The molecule has 9 atom stereocenters. The van der Waals surface area contributed by atoms with Crippen molar-refractivity contribution < 1.29 is 14.6 Å². The van der Waals surface area contributed by atoms with Gasteiger partial charge in [-0.25, -0.2) is 0 Å². The number of aliphatic carboxylic acids is 1. The maximum Gasteiger partial charge on any atom is 0.309 e. The highest BCUT2D eigenvalue weighted by atomic mass is 16.5. The first kappa shape index (κ1) is 28.3. The van der Waals surface area contributed by atoms with Crippen molar-refractivity contribution in [2.45, 2.75) is 157 Å². The Morgan fingerprint density at radius 2 is 1.51 bits per heavy atom. The van der Waals surface area contributed by atoms with Crippen molar-refractivity contribution in [3.8, 4) is 0 Å². The third-order valence-electron chi connectivity index (χ3n) is 15.2. The first-order valence-electron chi connectivity index (χ1n) is 16.8. The van der Waals surface area contributed by atoms with E-state index in [1.807, 2.05) is 6.92 Å². The van der Waals surface area contributed by atoms with Gasteiger partial charge in [0.25, 0.3) is 0 Å². The van der Waals surface area contributed by atoms with Crippen molar-refractivity contribution in [3.05, 3.63) is 11.6 Å². The largest absolute Gasteiger partial charge is 0.481 e. The molecule has 0 saturated heterocycles. The summed E-state index contributed by atoms with van der Waals surface area (Å²) in [6.07, 6.45) is 21.8. The van der Waals surface area contributed by atoms with E-state index in [-0.39, 0.29) is 21.7 Å². The van der Waals surface area contributed by atoms with Crippen LogP contribution in [0.2, 0.25) is 0 Å². The van der Waals surface area contributed by atoms with Gasteiger partial charge in [0.1, 0.15) is 0 Å². The van der Waals surface area contributed by atoms with Crippen LogP contribution >= 0.6 is 0 Å². The number of rotatable bonds is 3. The minimum atomic E-state index is -0.584. The Balaban J connectivity index is 1.31. The smallest absolute Gasteiger partial charge is 0.309 e. The number of allylic oxidation sites excluding steroid dienone is 2. The van der Waals surface area contributed by atoms with E-state index in [0.717, 1.165) is 19.3 Å². The van der Waals surface area contributed by atoms with E-state index in [9.17, 15) is 9.90 Å². The van der Waals surface area contributed by atoms with Crippen LogP contribution in [0.15, 0.2) is 11.6 Å². The molecule has 1 N–H and O–H groups in total. The van der Waals surface area contributed by atoms with Crippen molar-refractivity contribution in [1.82, 2.24) is 0 Å². The third kappa shape index (κ3) is 3.93. The Labute approximate surface area is 239 Å². The molecule has 6 aliphatic carbocycles. The molecule has 7 unspecified atom stereocenters. The highest BCUT2D eigenvalue weighted by molar-refractivity contribution is 5.74. The molecule has 6 aliphatic rings. The Morgan fingerprint density at radius 3 is 2.21 bits per heavy atom.